The molecule has 3 rings (SSSR count). The van der Waals surface area contributed by atoms with E-state index in [4.69, 9.17) is 10.5 Å². The zero-order valence-corrected chi connectivity index (χ0v) is 30.8. The maximum absolute atomic E-state index is 14.9. The van der Waals surface area contributed by atoms with Gasteiger partial charge in [-0.3, -0.25) is 14.4 Å². The largest absolute Gasteiger partial charge is 0.490 e. The highest BCUT2D eigenvalue weighted by Gasteiger charge is 2.42. The normalized spacial score (nSPS) is 13.8. The van der Waals surface area contributed by atoms with Gasteiger partial charge in [0.15, 0.2) is 0 Å². The molecular formula is C38H47F5N4O7. The number of amides is 2. The van der Waals surface area contributed by atoms with Crippen molar-refractivity contribution >= 4 is 23.8 Å². The lowest BCUT2D eigenvalue weighted by molar-refractivity contribution is -0.206. The molecule has 3 atom stereocenters. The van der Waals surface area contributed by atoms with E-state index in [-0.39, 0.29) is 37.9 Å². The standard InChI is InChI=1S/C38H47F5N4O7/c1-36(2,3)31(29-18-24(26-19-25(39)13-14-27(26)40)21-47(29)20-23-10-7-6-8-11-23)32(49)34(51)46-17-15-28(44)33(50)45-16-9-12-30(48)54-37(4,5)22-53-35(52)38(41,42)43/h6-8,10-11,13-14,18-19,21,28,31-32,49H,9,12,15-17,20,22,44H2,1-5H3,(H,45,50)(H,46,51)/t28-,31+,32-/m0/s1. The van der Waals surface area contributed by atoms with Gasteiger partial charge >= 0.3 is 18.1 Å². The van der Waals surface area contributed by atoms with E-state index in [1.807, 2.05) is 51.1 Å². The van der Waals surface area contributed by atoms with Gasteiger partial charge in [-0.15, -0.1) is 0 Å². The smallest absolute Gasteiger partial charge is 0.456 e. The van der Waals surface area contributed by atoms with Crippen molar-refractivity contribution in [3.8, 4) is 11.1 Å². The molecule has 2 aromatic carbocycles. The number of nitrogens with zero attached hydrogens (tertiary/aromatic N) is 1. The van der Waals surface area contributed by atoms with Crippen LogP contribution in [0.25, 0.3) is 11.1 Å². The van der Waals surface area contributed by atoms with Gasteiger partial charge in [-0.05, 0) is 61.9 Å². The lowest BCUT2D eigenvalue weighted by atomic mass is 9.74. The average Bonchev–Trinajstić information content (AvgIpc) is 3.47. The van der Waals surface area contributed by atoms with Crippen LogP contribution in [0.5, 0.6) is 0 Å². The minimum absolute atomic E-state index is 0.00754. The summed E-state index contributed by atoms with van der Waals surface area (Å²) in [6.07, 6.45) is -5.23. The highest BCUT2D eigenvalue weighted by Crippen LogP contribution is 2.41. The van der Waals surface area contributed by atoms with Gasteiger partial charge in [0.2, 0.25) is 11.8 Å². The SMILES string of the molecule is CC(C)(COC(=O)C(F)(F)F)OC(=O)CCCNC(=O)[C@@H](N)CCNC(=O)[C@@H](O)[C@@H](c1cc(-c2cc(F)ccc2F)cn1Cc1ccccc1)C(C)(C)C. The van der Waals surface area contributed by atoms with E-state index in [2.05, 4.69) is 15.4 Å². The molecule has 1 heterocycles. The molecule has 0 aliphatic carbocycles. The van der Waals surface area contributed by atoms with Crippen molar-refractivity contribution in [3.05, 3.63) is 83.7 Å². The third kappa shape index (κ3) is 12.9. The van der Waals surface area contributed by atoms with Crippen LogP contribution in [0.2, 0.25) is 0 Å². The van der Waals surface area contributed by atoms with E-state index < -0.39 is 77.3 Å². The Morgan fingerprint density at radius 3 is 2.19 bits per heavy atom. The Labute approximate surface area is 310 Å². The lowest BCUT2D eigenvalue weighted by Gasteiger charge is -2.35. The molecule has 0 saturated carbocycles. The number of hydrogen-bond acceptors (Lipinski definition) is 8. The number of aliphatic hydroxyl groups excluding tert-OH is 1. The van der Waals surface area contributed by atoms with Crippen molar-refractivity contribution in [1.82, 2.24) is 15.2 Å². The summed E-state index contributed by atoms with van der Waals surface area (Å²) >= 11 is 0. The summed E-state index contributed by atoms with van der Waals surface area (Å²) in [6, 6.07) is 13.1. The number of nitrogens with two attached hydrogens (primary N) is 1. The summed E-state index contributed by atoms with van der Waals surface area (Å²) in [4.78, 5) is 48.9. The van der Waals surface area contributed by atoms with Crippen LogP contribution < -0.4 is 16.4 Å². The number of carbonyl (C=O) groups is 4. The molecule has 0 fully saturated rings. The molecule has 0 radical (unpaired) electrons. The number of benzene rings is 2. The number of aromatic nitrogens is 1. The fourth-order valence-electron chi connectivity index (χ4n) is 5.68. The maximum atomic E-state index is 14.9. The number of esters is 2. The molecule has 1 aromatic heterocycles. The zero-order valence-electron chi connectivity index (χ0n) is 30.8. The maximum Gasteiger partial charge on any atom is 0.490 e. The molecule has 296 valence electrons. The molecule has 3 aromatic rings. The van der Waals surface area contributed by atoms with E-state index in [0.29, 0.717) is 17.8 Å². The summed E-state index contributed by atoms with van der Waals surface area (Å²) in [5.41, 5.74) is 5.56. The Bertz CT molecular complexity index is 1760. The predicted octanol–water partition coefficient (Wildman–Crippen LogP) is 5.13. The number of carbonyl (C=O) groups excluding carboxylic acids is 4. The minimum Gasteiger partial charge on any atom is -0.456 e. The van der Waals surface area contributed by atoms with E-state index in [9.17, 15) is 46.2 Å². The first-order chi connectivity index (χ1) is 25.1. The molecule has 2 amide bonds. The van der Waals surface area contributed by atoms with Gasteiger partial charge in [-0.2, -0.15) is 13.2 Å². The van der Waals surface area contributed by atoms with Crippen LogP contribution in [0.3, 0.4) is 0 Å². The van der Waals surface area contributed by atoms with E-state index in [1.165, 1.54) is 13.8 Å². The zero-order chi connectivity index (χ0) is 40.4. The van der Waals surface area contributed by atoms with Crippen molar-refractivity contribution in [2.45, 2.75) is 90.3 Å². The van der Waals surface area contributed by atoms with Crippen molar-refractivity contribution in [2.24, 2.45) is 11.1 Å². The first-order valence-corrected chi connectivity index (χ1v) is 17.2. The van der Waals surface area contributed by atoms with Gasteiger partial charge in [0.25, 0.3) is 0 Å². The molecule has 0 bridgehead atoms. The Hall–Kier alpha value is -4.83. The molecule has 0 unspecified atom stereocenters. The first kappa shape index (κ1) is 43.6. The van der Waals surface area contributed by atoms with Crippen LogP contribution >= 0.6 is 0 Å². The summed E-state index contributed by atoms with van der Waals surface area (Å²) in [7, 11) is 0. The fourth-order valence-corrected chi connectivity index (χ4v) is 5.68. The third-order valence-corrected chi connectivity index (χ3v) is 8.32. The third-order valence-electron chi connectivity index (χ3n) is 8.32. The van der Waals surface area contributed by atoms with Crippen molar-refractivity contribution in [3.63, 3.8) is 0 Å². The van der Waals surface area contributed by atoms with Crippen LogP contribution in [-0.2, 0) is 35.2 Å². The summed E-state index contributed by atoms with van der Waals surface area (Å²) in [6.45, 7) is 7.50. The summed E-state index contributed by atoms with van der Waals surface area (Å²) < 4.78 is 77.0. The van der Waals surface area contributed by atoms with Gasteiger partial charge in [0.1, 0.15) is 29.9 Å². The summed E-state index contributed by atoms with van der Waals surface area (Å²) in [5, 5.41) is 16.6. The molecule has 11 nitrogen and oxygen atoms in total. The number of hydrogen-bond donors (Lipinski definition) is 4. The van der Waals surface area contributed by atoms with Crippen LogP contribution in [0.4, 0.5) is 22.0 Å². The van der Waals surface area contributed by atoms with Crippen LogP contribution in [0.15, 0.2) is 60.8 Å². The molecule has 0 aliphatic heterocycles. The average molecular weight is 767 g/mol. The van der Waals surface area contributed by atoms with Gasteiger partial charge < -0.3 is 35.5 Å². The molecule has 0 aliphatic rings. The van der Waals surface area contributed by atoms with Crippen molar-refractivity contribution in [1.29, 1.82) is 0 Å². The van der Waals surface area contributed by atoms with Crippen molar-refractivity contribution < 1.29 is 55.7 Å². The topological polar surface area (TPSA) is 162 Å². The molecule has 5 N–H and O–H groups in total. The molecule has 54 heavy (non-hydrogen) atoms. The first-order valence-electron chi connectivity index (χ1n) is 17.2. The van der Waals surface area contributed by atoms with Crippen LogP contribution in [0.1, 0.15) is 71.1 Å². The number of rotatable bonds is 17. The number of halogens is 5. The van der Waals surface area contributed by atoms with Crippen LogP contribution in [0, 0.1) is 17.0 Å². The summed E-state index contributed by atoms with van der Waals surface area (Å²) in [5.74, 6) is -6.59. The fraction of sp³-hybridized carbons (Fsp3) is 0.474. The Balaban J connectivity index is 1.58. The van der Waals surface area contributed by atoms with Gasteiger partial charge in [0.05, 0.1) is 6.04 Å². The second-order valence-electron chi connectivity index (χ2n) is 14.6. The number of nitrogens with one attached hydrogen (secondary N) is 2. The quantitative estimate of drug-likeness (QED) is 0.0836. The molecule has 0 spiro atoms. The Kier molecular flexibility index (Phi) is 14.9. The predicted molar refractivity (Wildman–Crippen MR) is 189 cm³/mol. The molecular weight excluding hydrogens is 719 g/mol. The number of alkyl halides is 3. The number of aliphatic hydroxyl groups is 1. The van der Waals surface area contributed by atoms with E-state index in [0.717, 1.165) is 23.8 Å². The van der Waals surface area contributed by atoms with Crippen molar-refractivity contribution in [2.75, 3.05) is 19.7 Å². The lowest BCUT2D eigenvalue weighted by Crippen LogP contribution is -2.46. The molecule has 0 saturated heterocycles. The Morgan fingerprint density at radius 2 is 1.56 bits per heavy atom. The highest BCUT2D eigenvalue weighted by atomic mass is 19.4. The second kappa shape index (κ2) is 18.5. The highest BCUT2D eigenvalue weighted by molar-refractivity contribution is 5.83. The monoisotopic (exact) mass is 766 g/mol. The van der Waals surface area contributed by atoms with Gasteiger partial charge in [0, 0.05) is 55.0 Å². The van der Waals surface area contributed by atoms with Crippen LogP contribution in [-0.4, -0.2) is 77.0 Å². The Morgan fingerprint density at radius 1 is 0.907 bits per heavy atom. The van der Waals surface area contributed by atoms with Gasteiger partial charge in [-0.1, -0.05) is 51.1 Å². The number of ether oxygens (including phenoxy) is 2. The second-order valence-corrected chi connectivity index (χ2v) is 14.6. The van der Waals surface area contributed by atoms with E-state index >= 15 is 0 Å². The van der Waals surface area contributed by atoms with E-state index in [1.54, 1.807) is 16.8 Å². The molecule has 16 heteroatoms. The van der Waals surface area contributed by atoms with Gasteiger partial charge in [-0.25, -0.2) is 13.6 Å². The minimum atomic E-state index is -5.18.